The first kappa shape index (κ1) is 19.2. The van der Waals surface area contributed by atoms with Gasteiger partial charge in [-0.1, -0.05) is 0 Å². The predicted molar refractivity (Wildman–Crippen MR) is 94.9 cm³/mol. The summed E-state index contributed by atoms with van der Waals surface area (Å²) in [6.45, 7) is 1.70. The zero-order valence-corrected chi connectivity index (χ0v) is 15.0. The van der Waals surface area contributed by atoms with E-state index < -0.39 is 18.0 Å². The Morgan fingerprint density at radius 2 is 1.89 bits per heavy atom. The van der Waals surface area contributed by atoms with Gasteiger partial charge in [-0.05, 0) is 55.5 Å². The molecule has 0 saturated carbocycles. The Hall–Kier alpha value is -3.55. The smallest absolute Gasteiger partial charge is 0.375 e. The molecule has 0 bridgehead atoms. The van der Waals surface area contributed by atoms with Crippen LogP contribution in [0.25, 0.3) is 0 Å². The van der Waals surface area contributed by atoms with Crippen LogP contribution in [0.2, 0.25) is 0 Å². The maximum absolute atomic E-state index is 12.9. The number of carbonyl (C=O) groups is 2. The van der Waals surface area contributed by atoms with Crippen molar-refractivity contribution in [2.24, 2.45) is 0 Å². The van der Waals surface area contributed by atoms with Gasteiger partial charge in [0.2, 0.25) is 5.76 Å². The minimum Gasteiger partial charge on any atom is -0.486 e. The van der Waals surface area contributed by atoms with Gasteiger partial charge >= 0.3 is 5.97 Å². The molecule has 0 spiro atoms. The number of hydrogen-bond donors (Lipinski definition) is 1. The Morgan fingerprint density at radius 3 is 2.61 bits per heavy atom. The molecule has 3 aromatic rings. The molecule has 28 heavy (non-hydrogen) atoms. The van der Waals surface area contributed by atoms with Crippen molar-refractivity contribution in [3.05, 3.63) is 77.9 Å². The maximum atomic E-state index is 12.9. The minimum absolute atomic E-state index is 0.0524. The van der Waals surface area contributed by atoms with Crippen molar-refractivity contribution >= 4 is 11.9 Å². The summed E-state index contributed by atoms with van der Waals surface area (Å²) >= 11 is 0. The zero-order valence-electron chi connectivity index (χ0n) is 15.0. The number of halogens is 1. The van der Waals surface area contributed by atoms with Crippen molar-refractivity contribution in [1.82, 2.24) is 5.32 Å². The molecular weight excluding hydrogens is 369 g/mol. The van der Waals surface area contributed by atoms with Crippen LogP contribution in [0.1, 0.15) is 29.0 Å². The number of amides is 1. The first-order chi connectivity index (χ1) is 13.5. The molecule has 0 aliphatic carbocycles. The third-order valence-corrected chi connectivity index (χ3v) is 3.73. The number of benzene rings is 1. The van der Waals surface area contributed by atoms with Crippen LogP contribution in [0.5, 0.6) is 5.75 Å². The predicted octanol–water partition coefficient (Wildman–Crippen LogP) is 3.45. The van der Waals surface area contributed by atoms with Crippen molar-refractivity contribution in [1.29, 1.82) is 0 Å². The van der Waals surface area contributed by atoms with Gasteiger partial charge in [-0.2, -0.15) is 0 Å². The van der Waals surface area contributed by atoms with E-state index in [4.69, 9.17) is 18.3 Å². The SMILES string of the molecule is CC(OC(=O)c1ccc(COc2ccc(F)cc2)o1)C(=O)NCc1ccco1. The summed E-state index contributed by atoms with van der Waals surface area (Å²) in [6.07, 6.45) is 0.491. The number of nitrogens with one attached hydrogen (secondary N) is 1. The van der Waals surface area contributed by atoms with E-state index in [0.29, 0.717) is 17.3 Å². The van der Waals surface area contributed by atoms with E-state index in [1.807, 2.05) is 0 Å². The van der Waals surface area contributed by atoms with E-state index in [-0.39, 0.29) is 24.7 Å². The highest BCUT2D eigenvalue weighted by Gasteiger charge is 2.21. The zero-order chi connectivity index (χ0) is 19.9. The molecule has 0 fully saturated rings. The van der Waals surface area contributed by atoms with E-state index in [2.05, 4.69) is 5.32 Å². The summed E-state index contributed by atoms with van der Waals surface area (Å²) < 4.78 is 33.9. The highest BCUT2D eigenvalue weighted by atomic mass is 19.1. The van der Waals surface area contributed by atoms with Crippen LogP contribution in [0.3, 0.4) is 0 Å². The van der Waals surface area contributed by atoms with Gasteiger partial charge in [0, 0.05) is 0 Å². The van der Waals surface area contributed by atoms with Gasteiger partial charge in [0.05, 0.1) is 12.8 Å². The Labute approximate surface area is 160 Å². The lowest BCUT2D eigenvalue weighted by atomic mass is 10.3. The third kappa shape index (κ3) is 5.23. The highest BCUT2D eigenvalue weighted by Crippen LogP contribution is 2.16. The lowest BCUT2D eigenvalue weighted by Crippen LogP contribution is -2.35. The Morgan fingerprint density at radius 1 is 1.11 bits per heavy atom. The molecule has 1 amide bonds. The molecule has 0 radical (unpaired) electrons. The van der Waals surface area contributed by atoms with Crippen molar-refractivity contribution in [3.63, 3.8) is 0 Å². The van der Waals surface area contributed by atoms with Gasteiger partial charge in [-0.15, -0.1) is 0 Å². The standard InChI is InChI=1S/C20H18FNO6/c1-13(19(23)22-11-16-3-2-10-25-16)27-20(24)18-9-8-17(28-18)12-26-15-6-4-14(21)5-7-15/h2-10,13H,11-12H2,1H3,(H,22,23). The Balaban J connectivity index is 1.47. The average molecular weight is 387 g/mol. The molecule has 2 aromatic heterocycles. The number of hydrogen-bond acceptors (Lipinski definition) is 6. The van der Waals surface area contributed by atoms with Gasteiger partial charge in [0.25, 0.3) is 5.91 Å². The van der Waals surface area contributed by atoms with Crippen LogP contribution in [0.15, 0.2) is 63.6 Å². The van der Waals surface area contributed by atoms with Crippen LogP contribution in [0.4, 0.5) is 4.39 Å². The molecule has 1 N–H and O–H groups in total. The second kappa shape index (κ2) is 8.90. The fraction of sp³-hybridized carbons (Fsp3) is 0.200. The minimum atomic E-state index is -1.01. The second-order valence-corrected chi connectivity index (χ2v) is 5.85. The van der Waals surface area contributed by atoms with E-state index in [0.717, 1.165) is 0 Å². The summed E-state index contributed by atoms with van der Waals surface area (Å²) in [4.78, 5) is 24.1. The van der Waals surface area contributed by atoms with Crippen molar-refractivity contribution in [2.45, 2.75) is 26.2 Å². The number of ether oxygens (including phenoxy) is 2. The fourth-order valence-electron chi connectivity index (χ4n) is 2.25. The average Bonchev–Trinajstić information content (AvgIpc) is 3.37. The van der Waals surface area contributed by atoms with Crippen LogP contribution >= 0.6 is 0 Å². The first-order valence-corrected chi connectivity index (χ1v) is 8.49. The lowest BCUT2D eigenvalue weighted by molar-refractivity contribution is -0.129. The summed E-state index contributed by atoms with van der Waals surface area (Å²) in [5.74, 6) is -0.218. The normalized spacial score (nSPS) is 11.6. The van der Waals surface area contributed by atoms with E-state index >= 15 is 0 Å². The van der Waals surface area contributed by atoms with Crippen molar-refractivity contribution in [3.8, 4) is 5.75 Å². The van der Waals surface area contributed by atoms with Crippen LogP contribution in [0, 0.1) is 5.82 Å². The largest absolute Gasteiger partial charge is 0.486 e. The monoisotopic (exact) mass is 387 g/mol. The van der Waals surface area contributed by atoms with Crippen LogP contribution < -0.4 is 10.1 Å². The number of rotatable bonds is 8. The molecule has 3 rings (SSSR count). The van der Waals surface area contributed by atoms with Crippen molar-refractivity contribution in [2.75, 3.05) is 0 Å². The van der Waals surface area contributed by atoms with Gasteiger partial charge < -0.3 is 23.6 Å². The molecule has 7 nitrogen and oxygen atoms in total. The first-order valence-electron chi connectivity index (χ1n) is 8.49. The van der Waals surface area contributed by atoms with Crippen molar-refractivity contribution < 1.29 is 32.3 Å². The number of esters is 1. The molecule has 2 heterocycles. The molecule has 1 unspecified atom stereocenters. The van der Waals surface area contributed by atoms with Gasteiger partial charge in [0.1, 0.15) is 29.7 Å². The summed E-state index contributed by atoms with van der Waals surface area (Å²) in [5, 5.41) is 2.60. The van der Waals surface area contributed by atoms with E-state index in [1.165, 1.54) is 43.5 Å². The number of furan rings is 2. The molecule has 1 atom stereocenters. The third-order valence-electron chi connectivity index (χ3n) is 3.73. The lowest BCUT2D eigenvalue weighted by Gasteiger charge is -2.12. The number of carbonyl (C=O) groups excluding carboxylic acids is 2. The highest BCUT2D eigenvalue weighted by molar-refractivity contribution is 5.90. The quantitative estimate of drug-likeness (QED) is 0.596. The van der Waals surface area contributed by atoms with E-state index in [1.54, 1.807) is 18.2 Å². The van der Waals surface area contributed by atoms with Crippen LogP contribution in [-0.2, 0) is 22.7 Å². The summed E-state index contributed by atoms with van der Waals surface area (Å²) in [7, 11) is 0. The maximum Gasteiger partial charge on any atom is 0.375 e. The van der Waals surface area contributed by atoms with Gasteiger partial charge in [0.15, 0.2) is 6.10 Å². The summed E-state index contributed by atoms with van der Waals surface area (Å²) in [6, 6.07) is 11.9. The topological polar surface area (TPSA) is 90.9 Å². The van der Waals surface area contributed by atoms with Gasteiger partial charge in [-0.3, -0.25) is 4.79 Å². The molecule has 8 heteroatoms. The van der Waals surface area contributed by atoms with Gasteiger partial charge in [-0.25, -0.2) is 9.18 Å². The fourth-order valence-corrected chi connectivity index (χ4v) is 2.25. The molecule has 0 saturated heterocycles. The second-order valence-electron chi connectivity index (χ2n) is 5.85. The molecule has 0 aliphatic heterocycles. The van der Waals surface area contributed by atoms with Crippen LogP contribution in [-0.4, -0.2) is 18.0 Å². The molecule has 146 valence electrons. The Bertz CT molecular complexity index is 917. The summed E-state index contributed by atoms with van der Waals surface area (Å²) in [5.41, 5.74) is 0. The molecule has 1 aromatic carbocycles. The Kier molecular flexibility index (Phi) is 6.11. The van der Waals surface area contributed by atoms with E-state index in [9.17, 15) is 14.0 Å². The molecular formula is C20H18FNO6. The molecule has 0 aliphatic rings.